The van der Waals surface area contributed by atoms with Crippen molar-refractivity contribution < 1.29 is 29.1 Å². The number of carbonyl (C=O) groups is 2. The van der Waals surface area contributed by atoms with Crippen molar-refractivity contribution in [2.45, 2.75) is 20.5 Å². The number of hydrogen-bond donors (Lipinski definition) is 1. The van der Waals surface area contributed by atoms with E-state index in [4.69, 9.17) is 9.47 Å². The summed E-state index contributed by atoms with van der Waals surface area (Å²) in [6.45, 7) is 3.63. The average Bonchev–Trinajstić information content (AvgIpc) is 3.22. The maximum absolute atomic E-state index is 13.0. The van der Waals surface area contributed by atoms with Gasteiger partial charge in [0.05, 0.1) is 16.4 Å². The van der Waals surface area contributed by atoms with E-state index < -0.39 is 16.8 Å². The zero-order valence-electron chi connectivity index (χ0n) is 21.4. The number of nitro groups is 1. The van der Waals surface area contributed by atoms with Gasteiger partial charge < -0.3 is 14.6 Å². The molecule has 204 valence electrons. The molecule has 1 aliphatic heterocycles. The molecule has 1 aliphatic rings. The van der Waals surface area contributed by atoms with Gasteiger partial charge in [-0.2, -0.15) is 0 Å². The van der Waals surface area contributed by atoms with Crippen LogP contribution >= 0.6 is 27.7 Å². The van der Waals surface area contributed by atoms with Crippen molar-refractivity contribution in [3.8, 4) is 5.75 Å². The molecule has 0 saturated heterocycles. The van der Waals surface area contributed by atoms with Crippen LogP contribution in [-0.2, 0) is 16.1 Å². The highest BCUT2D eigenvalue weighted by Gasteiger charge is 2.34. The molecule has 4 rings (SSSR count). The summed E-state index contributed by atoms with van der Waals surface area (Å²) in [5.74, 6) is -1.25. The summed E-state index contributed by atoms with van der Waals surface area (Å²) in [7, 11) is 0. The van der Waals surface area contributed by atoms with Crippen molar-refractivity contribution in [2.75, 3.05) is 6.61 Å². The maximum atomic E-state index is 13.0. The minimum Gasteiger partial charge on any atom is -0.506 e. The molecule has 0 aromatic heterocycles. The van der Waals surface area contributed by atoms with Crippen molar-refractivity contribution in [1.29, 1.82) is 0 Å². The van der Waals surface area contributed by atoms with Gasteiger partial charge in [0.15, 0.2) is 0 Å². The topological polar surface area (TPSA) is 128 Å². The number of non-ortho nitro benzene ring substituents is 1. The SMILES string of the molecule is CCOC(=O)C1=C(O)/C(=C/c2cc(Br)ccc2OCc2ccc([N+](=O)[O-])cc2)SC1=NC(=O)c1ccccc1C. The number of rotatable bonds is 8. The number of aryl methyl sites for hydroxylation is 1. The Morgan fingerprint density at radius 3 is 2.52 bits per heavy atom. The van der Waals surface area contributed by atoms with Crippen LogP contribution in [0.2, 0.25) is 0 Å². The van der Waals surface area contributed by atoms with Crippen molar-refractivity contribution >= 4 is 56.4 Å². The predicted molar refractivity (Wildman–Crippen MR) is 156 cm³/mol. The van der Waals surface area contributed by atoms with Crippen LogP contribution in [0.25, 0.3) is 6.08 Å². The van der Waals surface area contributed by atoms with Crippen molar-refractivity contribution in [1.82, 2.24) is 0 Å². The predicted octanol–water partition coefficient (Wildman–Crippen LogP) is 6.95. The maximum Gasteiger partial charge on any atom is 0.344 e. The molecule has 3 aromatic carbocycles. The van der Waals surface area contributed by atoms with Crippen molar-refractivity contribution in [3.63, 3.8) is 0 Å². The molecule has 1 heterocycles. The highest BCUT2D eigenvalue weighted by Crippen LogP contribution is 2.41. The first-order valence-electron chi connectivity index (χ1n) is 12.0. The summed E-state index contributed by atoms with van der Waals surface area (Å²) < 4.78 is 11.8. The number of nitro benzene ring substituents is 1. The number of hydrogen-bond acceptors (Lipinski definition) is 8. The standard InChI is InChI=1S/C29H23BrN2O7S/c1-3-38-29(35)25-26(33)24(40-28(25)31-27(34)22-7-5-4-6-17(22)2)15-19-14-20(30)10-13-23(19)39-16-18-8-11-21(12-9-18)32(36)37/h4-15,33H,3,16H2,1-2H3/b24-15-,31-28?. The zero-order valence-corrected chi connectivity index (χ0v) is 23.8. The van der Waals surface area contributed by atoms with Crippen LogP contribution in [0.3, 0.4) is 0 Å². The number of nitrogens with zero attached hydrogens (tertiary/aromatic N) is 2. The fourth-order valence-corrected chi connectivity index (χ4v) is 5.12. The van der Waals surface area contributed by atoms with E-state index in [0.29, 0.717) is 16.9 Å². The molecule has 11 heteroatoms. The molecule has 0 radical (unpaired) electrons. The van der Waals surface area contributed by atoms with E-state index in [-0.39, 0.29) is 40.2 Å². The molecule has 0 spiro atoms. The first-order valence-corrected chi connectivity index (χ1v) is 13.6. The van der Waals surface area contributed by atoms with E-state index in [0.717, 1.165) is 27.4 Å². The molecule has 1 N–H and O–H groups in total. The molecule has 9 nitrogen and oxygen atoms in total. The second-order valence-electron chi connectivity index (χ2n) is 8.49. The lowest BCUT2D eigenvalue weighted by atomic mass is 10.1. The Balaban J connectivity index is 1.67. The number of halogens is 1. The molecule has 0 saturated carbocycles. The van der Waals surface area contributed by atoms with Gasteiger partial charge in [-0.1, -0.05) is 45.9 Å². The van der Waals surface area contributed by atoms with E-state index in [9.17, 15) is 24.8 Å². The molecule has 1 amide bonds. The Kier molecular flexibility index (Phi) is 9.18. The molecule has 0 fully saturated rings. The van der Waals surface area contributed by atoms with Gasteiger partial charge >= 0.3 is 5.97 Å². The summed E-state index contributed by atoms with van der Waals surface area (Å²) in [4.78, 5) is 40.6. The lowest BCUT2D eigenvalue weighted by Crippen LogP contribution is -2.14. The second-order valence-corrected chi connectivity index (χ2v) is 10.4. The van der Waals surface area contributed by atoms with Crippen LogP contribution in [0.1, 0.15) is 34.0 Å². The number of thioether (sulfide) groups is 1. The number of benzene rings is 3. The Labute approximate surface area is 242 Å². The van der Waals surface area contributed by atoms with E-state index in [2.05, 4.69) is 20.9 Å². The quantitative estimate of drug-likeness (QED) is 0.162. The minimum atomic E-state index is -0.795. The van der Waals surface area contributed by atoms with Gasteiger partial charge in [0.2, 0.25) is 0 Å². The first kappa shape index (κ1) is 28.8. The van der Waals surface area contributed by atoms with Gasteiger partial charge in [-0.15, -0.1) is 0 Å². The van der Waals surface area contributed by atoms with Gasteiger partial charge in [0, 0.05) is 27.7 Å². The third kappa shape index (κ3) is 6.67. The minimum absolute atomic E-state index is 0.0193. The summed E-state index contributed by atoms with van der Waals surface area (Å²) in [6, 6.07) is 18.2. The highest BCUT2D eigenvalue weighted by molar-refractivity contribution is 9.10. The fraction of sp³-hybridized carbons (Fsp3) is 0.138. The van der Waals surface area contributed by atoms with E-state index in [1.165, 1.54) is 12.1 Å². The van der Waals surface area contributed by atoms with Gasteiger partial charge in [-0.3, -0.25) is 14.9 Å². The average molecular weight is 623 g/mol. The van der Waals surface area contributed by atoms with Gasteiger partial charge in [0.25, 0.3) is 11.6 Å². The van der Waals surface area contributed by atoms with Crippen molar-refractivity contribution in [2.24, 2.45) is 4.99 Å². The monoisotopic (exact) mass is 622 g/mol. The van der Waals surface area contributed by atoms with Crippen LogP contribution in [0.15, 0.2) is 92.4 Å². The number of ether oxygens (including phenoxy) is 2. The highest BCUT2D eigenvalue weighted by atomic mass is 79.9. The number of esters is 1. The fourth-order valence-electron chi connectivity index (χ4n) is 3.74. The van der Waals surface area contributed by atoms with E-state index in [1.54, 1.807) is 74.5 Å². The molecular formula is C29H23BrN2O7S. The van der Waals surface area contributed by atoms with Crippen LogP contribution < -0.4 is 4.74 Å². The molecule has 3 aromatic rings. The van der Waals surface area contributed by atoms with Crippen LogP contribution in [-0.4, -0.2) is 33.6 Å². The number of amides is 1. The summed E-state index contributed by atoms with van der Waals surface area (Å²) in [5.41, 5.74) is 2.19. The Morgan fingerprint density at radius 1 is 1.12 bits per heavy atom. The Morgan fingerprint density at radius 2 is 1.85 bits per heavy atom. The van der Waals surface area contributed by atoms with Crippen LogP contribution in [0.5, 0.6) is 5.75 Å². The third-order valence-corrected chi connectivity index (χ3v) is 7.26. The number of carbonyl (C=O) groups excluding carboxylic acids is 2. The smallest absolute Gasteiger partial charge is 0.344 e. The van der Waals surface area contributed by atoms with E-state index in [1.807, 2.05) is 0 Å². The van der Waals surface area contributed by atoms with Crippen molar-refractivity contribution in [3.05, 3.63) is 120 Å². The number of aliphatic hydroxyl groups is 1. The summed E-state index contributed by atoms with van der Waals surface area (Å²) >= 11 is 4.41. The van der Waals surface area contributed by atoms with Crippen LogP contribution in [0.4, 0.5) is 5.69 Å². The number of aliphatic hydroxyl groups excluding tert-OH is 1. The molecular weight excluding hydrogens is 600 g/mol. The van der Waals surface area contributed by atoms with Crippen LogP contribution in [0, 0.1) is 17.0 Å². The molecule has 0 aliphatic carbocycles. The van der Waals surface area contributed by atoms with Gasteiger partial charge in [-0.25, -0.2) is 9.79 Å². The molecule has 40 heavy (non-hydrogen) atoms. The molecule has 0 bridgehead atoms. The Hall–Kier alpha value is -4.22. The molecule has 0 unspecified atom stereocenters. The van der Waals surface area contributed by atoms with Gasteiger partial charge in [-0.05, 0) is 67.4 Å². The second kappa shape index (κ2) is 12.8. The zero-order chi connectivity index (χ0) is 28.8. The first-order chi connectivity index (χ1) is 19.2. The Bertz CT molecular complexity index is 1580. The normalized spacial score (nSPS) is 15.0. The number of aliphatic imine (C=N–C) groups is 1. The van der Waals surface area contributed by atoms with Gasteiger partial charge in [0.1, 0.15) is 28.7 Å². The summed E-state index contributed by atoms with van der Waals surface area (Å²) in [6.07, 6.45) is 1.62. The molecule has 0 atom stereocenters. The lowest BCUT2D eigenvalue weighted by Gasteiger charge is -2.11. The largest absolute Gasteiger partial charge is 0.506 e. The lowest BCUT2D eigenvalue weighted by molar-refractivity contribution is -0.384. The third-order valence-electron chi connectivity index (χ3n) is 5.75. The summed E-state index contributed by atoms with van der Waals surface area (Å²) in [5, 5.41) is 22.0. The van der Waals surface area contributed by atoms with E-state index >= 15 is 0 Å².